The fourth-order valence-corrected chi connectivity index (χ4v) is 2.46. The minimum absolute atomic E-state index is 0.146. The third-order valence-corrected chi connectivity index (χ3v) is 3.37. The molecule has 1 aliphatic rings. The van der Waals surface area contributed by atoms with Crippen LogP contribution in [0.1, 0.15) is 33.1 Å². The van der Waals surface area contributed by atoms with Crippen molar-refractivity contribution in [2.45, 2.75) is 45.3 Å². The van der Waals surface area contributed by atoms with E-state index in [9.17, 15) is 5.11 Å². The molecule has 19 heavy (non-hydrogen) atoms. The fourth-order valence-electron chi connectivity index (χ4n) is 2.46. The first-order valence-electron chi connectivity index (χ1n) is 7.08. The van der Waals surface area contributed by atoms with E-state index in [0.29, 0.717) is 13.2 Å². The largest absolute Gasteiger partial charge is 0.490 e. The minimum atomic E-state index is -0.248. The molecule has 2 atom stereocenters. The summed E-state index contributed by atoms with van der Waals surface area (Å²) in [5.41, 5.74) is 0.970. The lowest BCUT2D eigenvalue weighted by molar-refractivity contribution is 0.172. The zero-order valence-corrected chi connectivity index (χ0v) is 11.7. The number of ether oxygens (including phenoxy) is 2. The lowest BCUT2D eigenvalue weighted by Gasteiger charge is -2.19. The van der Waals surface area contributed by atoms with Gasteiger partial charge in [-0.15, -0.1) is 0 Å². The van der Waals surface area contributed by atoms with Crippen LogP contribution in [0.4, 0.5) is 5.69 Å². The summed E-state index contributed by atoms with van der Waals surface area (Å²) in [6.45, 7) is 5.14. The van der Waals surface area contributed by atoms with Crippen LogP contribution in [0.2, 0.25) is 0 Å². The maximum absolute atomic E-state index is 9.84. The normalized spacial score (nSPS) is 22.3. The van der Waals surface area contributed by atoms with E-state index in [4.69, 9.17) is 9.47 Å². The summed E-state index contributed by atoms with van der Waals surface area (Å²) in [4.78, 5) is 0. The molecular formula is C15H23NO3. The third kappa shape index (κ3) is 3.53. The molecule has 0 aliphatic heterocycles. The zero-order valence-electron chi connectivity index (χ0n) is 11.7. The highest BCUT2D eigenvalue weighted by Crippen LogP contribution is 2.32. The molecule has 4 nitrogen and oxygen atoms in total. The van der Waals surface area contributed by atoms with Gasteiger partial charge in [-0.2, -0.15) is 0 Å². The van der Waals surface area contributed by atoms with E-state index in [1.54, 1.807) is 0 Å². The van der Waals surface area contributed by atoms with Crippen LogP contribution in [0.5, 0.6) is 11.5 Å². The lowest BCUT2D eigenvalue weighted by Crippen LogP contribution is -2.27. The molecule has 0 spiro atoms. The van der Waals surface area contributed by atoms with Crippen LogP contribution in [-0.4, -0.2) is 30.5 Å². The van der Waals surface area contributed by atoms with Crippen molar-refractivity contribution in [3.05, 3.63) is 18.2 Å². The van der Waals surface area contributed by atoms with Crippen LogP contribution in [0, 0.1) is 0 Å². The number of aliphatic hydroxyl groups excluding tert-OH is 1. The van der Waals surface area contributed by atoms with E-state index in [1.165, 1.54) is 0 Å². The molecular weight excluding hydrogens is 242 g/mol. The number of hydrogen-bond acceptors (Lipinski definition) is 4. The molecule has 0 amide bonds. The van der Waals surface area contributed by atoms with Crippen molar-refractivity contribution in [1.82, 2.24) is 0 Å². The quantitative estimate of drug-likeness (QED) is 0.830. The fraction of sp³-hybridized carbons (Fsp3) is 0.600. The Balaban J connectivity index is 2.10. The molecule has 2 rings (SSSR count). The Morgan fingerprint density at radius 3 is 2.53 bits per heavy atom. The van der Waals surface area contributed by atoms with Crippen molar-refractivity contribution >= 4 is 5.69 Å². The van der Waals surface area contributed by atoms with Crippen LogP contribution < -0.4 is 14.8 Å². The molecule has 1 aromatic carbocycles. The number of rotatable bonds is 6. The number of nitrogens with one attached hydrogen (secondary N) is 1. The van der Waals surface area contributed by atoms with Gasteiger partial charge in [0.2, 0.25) is 0 Å². The molecule has 0 saturated heterocycles. The van der Waals surface area contributed by atoms with Gasteiger partial charge in [0.25, 0.3) is 0 Å². The van der Waals surface area contributed by atoms with Crippen molar-refractivity contribution in [3.63, 3.8) is 0 Å². The number of benzene rings is 1. The molecule has 0 aromatic heterocycles. The van der Waals surface area contributed by atoms with Crippen molar-refractivity contribution in [1.29, 1.82) is 0 Å². The van der Waals surface area contributed by atoms with E-state index >= 15 is 0 Å². The Morgan fingerprint density at radius 2 is 1.89 bits per heavy atom. The van der Waals surface area contributed by atoms with Gasteiger partial charge in [0.15, 0.2) is 11.5 Å². The summed E-state index contributed by atoms with van der Waals surface area (Å²) in [7, 11) is 0. The smallest absolute Gasteiger partial charge is 0.163 e. The van der Waals surface area contributed by atoms with Gasteiger partial charge in [-0.1, -0.05) is 0 Å². The molecule has 4 heteroatoms. The van der Waals surface area contributed by atoms with Crippen molar-refractivity contribution in [3.8, 4) is 11.5 Å². The van der Waals surface area contributed by atoms with Gasteiger partial charge in [0.1, 0.15) is 0 Å². The SMILES string of the molecule is CCOc1ccc(N[C@@H]2CCC[C@H]2O)cc1OCC. The van der Waals surface area contributed by atoms with Crippen molar-refractivity contribution in [2.24, 2.45) is 0 Å². The number of anilines is 1. The second-order valence-corrected chi connectivity index (χ2v) is 4.78. The van der Waals surface area contributed by atoms with Gasteiger partial charge in [-0.25, -0.2) is 0 Å². The molecule has 1 saturated carbocycles. The van der Waals surface area contributed by atoms with Crippen LogP contribution in [0.25, 0.3) is 0 Å². The molecule has 106 valence electrons. The van der Waals surface area contributed by atoms with E-state index in [1.807, 2.05) is 32.0 Å². The molecule has 1 aliphatic carbocycles. The first-order chi connectivity index (χ1) is 9.24. The monoisotopic (exact) mass is 265 g/mol. The van der Waals surface area contributed by atoms with Gasteiger partial charge < -0.3 is 19.9 Å². The minimum Gasteiger partial charge on any atom is -0.490 e. The average molecular weight is 265 g/mol. The summed E-state index contributed by atoms with van der Waals surface area (Å²) in [5, 5.41) is 13.2. The standard InChI is InChI=1S/C15H23NO3/c1-3-18-14-9-8-11(10-15(14)19-4-2)16-12-6-5-7-13(12)17/h8-10,12-13,16-17H,3-7H2,1-2H3/t12-,13-/m1/s1. The van der Waals surface area contributed by atoms with Gasteiger partial charge in [-0.05, 0) is 45.2 Å². The Kier molecular flexibility index (Phi) is 4.91. The highest BCUT2D eigenvalue weighted by molar-refractivity contribution is 5.55. The van der Waals surface area contributed by atoms with E-state index in [0.717, 1.165) is 36.4 Å². The molecule has 0 bridgehead atoms. The maximum Gasteiger partial charge on any atom is 0.163 e. The van der Waals surface area contributed by atoms with Gasteiger partial charge in [0, 0.05) is 11.8 Å². The third-order valence-electron chi connectivity index (χ3n) is 3.37. The van der Waals surface area contributed by atoms with Crippen LogP contribution in [0.3, 0.4) is 0 Å². The number of aliphatic hydroxyl groups is 1. The molecule has 1 fully saturated rings. The van der Waals surface area contributed by atoms with Crippen molar-refractivity contribution in [2.75, 3.05) is 18.5 Å². The Labute approximate surface area is 114 Å². The van der Waals surface area contributed by atoms with Crippen LogP contribution >= 0.6 is 0 Å². The molecule has 0 radical (unpaired) electrons. The first-order valence-corrected chi connectivity index (χ1v) is 7.08. The molecule has 0 heterocycles. The first kappa shape index (κ1) is 14.0. The van der Waals surface area contributed by atoms with Crippen LogP contribution in [0.15, 0.2) is 18.2 Å². The van der Waals surface area contributed by atoms with E-state index in [-0.39, 0.29) is 12.1 Å². The van der Waals surface area contributed by atoms with E-state index < -0.39 is 0 Å². The Hall–Kier alpha value is -1.42. The van der Waals surface area contributed by atoms with Gasteiger partial charge in [-0.3, -0.25) is 0 Å². The molecule has 1 aromatic rings. The number of hydrogen-bond donors (Lipinski definition) is 2. The second-order valence-electron chi connectivity index (χ2n) is 4.78. The Morgan fingerprint density at radius 1 is 1.16 bits per heavy atom. The second kappa shape index (κ2) is 6.66. The zero-order chi connectivity index (χ0) is 13.7. The van der Waals surface area contributed by atoms with Gasteiger partial charge >= 0.3 is 0 Å². The predicted molar refractivity (Wildman–Crippen MR) is 76.0 cm³/mol. The summed E-state index contributed by atoms with van der Waals surface area (Å²) in [5.74, 6) is 1.52. The summed E-state index contributed by atoms with van der Waals surface area (Å²) in [6.07, 6.45) is 2.72. The Bertz CT molecular complexity index is 408. The molecule has 2 N–H and O–H groups in total. The van der Waals surface area contributed by atoms with Crippen molar-refractivity contribution < 1.29 is 14.6 Å². The highest BCUT2D eigenvalue weighted by atomic mass is 16.5. The predicted octanol–water partition coefficient (Wildman–Crippen LogP) is 2.81. The van der Waals surface area contributed by atoms with E-state index in [2.05, 4.69) is 5.32 Å². The highest BCUT2D eigenvalue weighted by Gasteiger charge is 2.25. The molecule has 0 unspecified atom stereocenters. The van der Waals surface area contributed by atoms with Crippen LogP contribution in [-0.2, 0) is 0 Å². The summed E-state index contributed by atoms with van der Waals surface area (Å²) >= 11 is 0. The summed E-state index contributed by atoms with van der Waals surface area (Å²) in [6, 6.07) is 5.98. The lowest BCUT2D eigenvalue weighted by atomic mass is 10.2. The topological polar surface area (TPSA) is 50.7 Å². The van der Waals surface area contributed by atoms with Gasteiger partial charge in [0.05, 0.1) is 25.4 Å². The summed E-state index contributed by atoms with van der Waals surface area (Å²) < 4.78 is 11.1. The maximum atomic E-state index is 9.84. The average Bonchev–Trinajstić information content (AvgIpc) is 2.79.